The standard InChI is InChI=1S/C12H18Br6.CH4/c13-7-5-3-1-2-4-6-8(14)10(16)12(18)11(17)9(7)15;/h7-12H,1-6H2;1H4. The topological polar surface area (TPSA) is 0 Å². The lowest BCUT2D eigenvalue weighted by atomic mass is 10.0. The maximum absolute atomic E-state index is 3.84. The summed E-state index contributed by atoms with van der Waals surface area (Å²) in [4.78, 5) is 2.70. The van der Waals surface area contributed by atoms with Crippen LogP contribution in [0.15, 0.2) is 0 Å². The van der Waals surface area contributed by atoms with Crippen LogP contribution in [0.5, 0.6) is 0 Å². The molecule has 1 saturated carbocycles. The molecule has 0 spiro atoms. The summed E-state index contributed by atoms with van der Waals surface area (Å²) in [5, 5.41) is 0. The van der Waals surface area contributed by atoms with Crippen LogP contribution in [-0.4, -0.2) is 29.0 Å². The molecule has 19 heavy (non-hydrogen) atoms. The Morgan fingerprint density at radius 1 is 0.474 bits per heavy atom. The average molecular weight is 658 g/mol. The van der Waals surface area contributed by atoms with Crippen molar-refractivity contribution in [3.8, 4) is 0 Å². The molecule has 0 heterocycles. The molecule has 0 radical (unpaired) electrons. The van der Waals surface area contributed by atoms with Crippen LogP contribution in [0.4, 0.5) is 0 Å². The van der Waals surface area contributed by atoms with Crippen molar-refractivity contribution < 1.29 is 0 Å². The zero-order chi connectivity index (χ0) is 13.7. The van der Waals surface area contributed by atoms with Gasteiger partial charge in [-0.25, -0.2) is 0 Å². The zero-order valence-corrected chi connectivity index (χ0v) is 19.5. The number of rotatable bonds is 0. The van der Waals surface area contributed by atoms with Gasteiger partial charge in [0.15, 0.2) is 0 Å². The highest BCUT2D eigenvalue weighted by molar-refractivity contribution is 9.15. The van der Waals surface area contributed by atoms with Crippen molar-refractivity contribution in [2.45, 2.75) is 74.9 Å². The fraction of sp³-hybridized carbons (Fsp3) is 1.00. The molecule has 1 fully saturated rings. The summed E-state index contributed by atoms with van der Waals surface area (Å²) < 4.78 is 0. The van der Waals surface area contributed by atoms with E-state index in [1.807, 2.05) is 0 Å². The number of halogens is 6. The Bertz CT molecular complexity index is 213. The first kappa shape index (κ1) is 21.9. The van der Waals surface area contributed by atoms with Crippen molar-refractivity contribution in [2.75, 3.05) is 0 Å². The first-order valence-corrected chi connectivity index (χ1v) is 11.8. The molecule has 1 aliphatic rings. The highest BCUT2D eigenvalue weighted by atomic mass is 79.9. The average Bonchev–Trinajstić information content (AvgIpc) is 2.37. The molecule has 1 aliphatic carbocycles. The fourth-order valence-corrected chi connectivity index (χ4v) is 7.63. The van der Waals surface area contributed by atoms with Crippen LogP contribution >= 0.6 is 95.6 Å². The Morgan fingerprint density at radius 2 is 0.789 bits per heavy atom. The van der Waals surface area contributed by atoms with Gasteiger partial charge >= 0.3 is 0 Å². The highest BCUT2D eigenvalue weighted by Crippen LogP contribution is 2.37. The third-order valence-corrected chi connectivity index (χ3v) is 13.6. The molecule has 1 rings (SSSR count). The van der Waals surface area contributed by atoms with Gasteiger partial charge in [0.1, 0.15) is 0 Å². The van der Waals surface area contributed by atoms with Crippen LogP contribution < -0.4 is 0 Å². The van der Waals surface area contributed by atoms with Crippen molar-refractivity contribution in [1.29, 1.82) is 0 Å². The number of hydrogen-bond acceptors (Lipinski definition) is 0. The van der Waals surface area contributed by atoms with Crippen molar-refractivity contribution >= 4 is 95.6 Å². The monoisotopic (exact) mass is 652 g/mol. The van der Waals surface area contributed by atoms with Crippen LogP contribution in [0, 0.1) is 0 Å². The van der Waals surface area contributed by atoms with Crippen molar-refractivity contribution in [3.05, 3.63) is 0 Å². The lowest BCUT2D eigenvalue weighted by Gasteiger charge is -2.31. The van der Waals surface area contributed by atoms with Gasteiger partial charge in [-0.1, -0.05) is 129 Å². The summed E-state index contributed by atoms with van der Waals surface area (Å²) in [5.74, 6) is 0. The van der Waals surface area contributed by atoms with E-state index in [2.05, 4.69) is 95.6 Å². The molecule has 0 aromatic carbocycles. The lowest BCUT2D eigenvalue weighted by Crippen LogP contribution is -2.39. The molecule has 0 saturated heterocycles. The molecule has 0 aromatic rings. The minimum Gasteiger partial charge on any atom is -0.0878 e. The first-order chi connectivity index (χ1) is 8.45. The Kier molecular flexibility index (Phi) is 13.2. The SMILES string of the molecule is BrC1CCCCCCC(Br)C(Br)C(Br)C(Br)C1Br.C. The molecular weight excluding hydrogens is 636 g/mol. The van der Waals surface area contributed by atoms with Gasteiger partial charge < -0.3 is 0 Å². The maximum atomic E-state index is 3.84. The molecule has 0 nitrogen and oxygen atoms in total. The molecule has 0 aliphatic heterocycles. The molecule has 6 atom stereocenters. The number of hydrogen-bond donors (Lipinski definition) is 0. The molecule has 6 unspecified atom stereocenters. The molecule has 6 heteroatoms. The van der Waals surface area contributed by atoms with Gasteiger partial charge in [0.2, 0.25) is 0 Å². The van der Waals surface area contributed by atoms with E-state index in [0.717, 1.165) is 0 Å². The van der Waals surface area contributed by atoms with Crippen LogP contribution in [0.1, 0.15) is 46.0 Å². The highest BCUT2D eigenvalue weighted by Gasteiger charge is 2.35. The summed E-state index contributed by atoms with van der Waals surface area (Å²) >= 11 is 23.0. The van der Waals surface area contributed by atoms with E-state index in [0.29, 0.717) is 29.0 Å². The third-order valence-electron chi connectivity index (χ3n) is 3.31. The fourth-order valence-electron chi connectivity index (χ4n) is 2.10. The van der Waals surface area contributed by atoms with Gasteiger partial charge in [-0.3, -0.25) is 0 Å². The smallest absolute Gasteiger partial charge is 0.0418 e. The first-order valence-electron chi connectivity index (χ1n) is 6.29. The minimum atomic E-state index is 0. The Morgan fingerprint density at radius 3 is 1.11 bits per heavy atom. The zero-order valence-electron chi connectivity index (χ0n) is 9.97. The Balaban J connectivity index is 0.00000324. The van der Waals surface area contributed by atoms with E-state index in [9.17, 15) is 0 Å². The van der Waals surface area contributed by atoms with Gasteiger partial charge in [-0.05, 0) is 12.8 Å². The molecule has 116 valence electrons. The second-order valence-corrected chi connectivity index (χ2v) is 11.4. The quantitative estimate of drug-likeness (QED) is 0.236. The summed E-state index contributed by atoms with van der Waals surface area (Å²) in [6, 6.07) is 0. The summed E-state index contributed by atoms with van der Waals surface area (Å²) in [6.45, 7) is 0. The van der Waals surface area contributed by atoms with Gasteiger partial charge in [-0.2, -0.15) is 0 Å². The molecule has 0 N–H and O–H groups in total. The normalized spacial score (nSPS) is 42.6. The van der Waals surface area contributed by atoms with Crippen molar-refractivity contribution in [2.24, 2.45) is 0 Å². The Labute approximate surface area is 168 Å². The second kappa shape index (κ2) is 11.4. The molecule has 0 bridgehead atoms. The molecular formula is C13H22Br6. The predicted molar refractivity (Wildman–Crippen MR) is 111 cm³/mol. The summed E-state index contributed by atoms with van der Waals surface area (Å²) in [6.07, 6.45) is 7.80. The van der Waals surface area contributed by atoms with Crippen LogP contribution in [0.25, 0.3) is 0 Å². The van der Waals surface area contributed by atoms with Crippen LogP contribution in [-0.2, 0) is 0 Å². The largest absolute Gasteiger partial charge is 0.0878 e. The number of alkyl halides is 6. The summed E-state index contributed by atoms with van der Waals surface area (Å²) in [5.41, 5.74) is 0. The van der Waals surface area contributed by atoms with Gasteiger partial charge in [0.25, 0.3) is 0 Å². The maximum Gasteiger partial charge on any atom is 0.0418 e. The van der Waals surface area contributed by atoms with E-state index in [4.69, 9.17) is 0 Å². The van der Waals surface area contributed by atoms with Crippen molar-refractivity contribution in [1.82, 2.24) is 0 Å². The molecule has 0 aromatic heterocycles. The van der Waals surface area contributed by atoms with E-state index >= 15 is 0 Å². The van der Waals surface area contributed by atoms with Crippen LogP contribution in [0.2, 0.25) is 0 Å². The minimum absolute atomic E-state index is 0. The van der Waals surface area contributed by atoms with Crippen LogP contribution in [0.3, 0.4) is 0 Å². The Hall–Kier alpha value is 2.88. The van der Waals surface area contributed by atoms with Gasteiger partial charge in [0.05, 0.1) is 0 Å². The van der Waals surface area contributed by atoms with E-state index in [1.165, 1.54) is 38.5 Å². The van der Waals surface area contributed by atoms with Gasteiger partial charge in [-0.15, -0.1) is 0 Å². The third kappa shape index (κ3) is 7.32. The summed E-state index contributed by atoms with van der Waals surface area (Å²) in [7, 11) is 0. The van der Waals surface area contributed by atoms with Gasteiger partial charge in [0, 0.05) is 29.0 Å². The second-order valence-electron chi connectivity index (χ2n) is 4.80. The lowest BCUT2D eigenvalue weighted by molar-refractivity contribution is 0.549. The van der Waals surface area contributed by atoms with E-state index in [-0.39, 0.29) is 7.43 Å². The van der Waals surface area contributed by atoms with E-state index in [1.54, 1.807) is 0 Å². The molecule has 0 amide bonds. The predicted octanol–water partition coefficient (Wildman–Crippen LogP) is 7.56. The van der Waals surface area contributed by atoms with Crippen molar-refractivity contribution in [3.63, 3.8) is 0 Å². The van der Waals surface area contributed by atoms with E-state index < -0.39 is 0 Å².